The molecule has 22 heavy (non-hydrogen) atoms. The van der Waals surface area contributed by atoms with Gasteiger partial charge in [0.1, 0.15) is 11.8 Å². The number of carbonyl (C=O) groups is 2. The van der Waals surface area contributed by atoms with Crippen molar-refractivity contribution < 1.29 is 19.2 Å². The van der Waals surface area contributed by atoms with Gasteiger partial charge in [-0.25, -0.2) is 4.79 Å². The number of rotatable bonds is 6. The van der Waals surface area contributed by atoms with Gasteiger partial charge >= 0.3 is 5.97 Å². The Morgan fingerprint density at radius 3 is 2.50 bits per heavy atom. The van der Waals surface area contributed by atoms with E-state index in [1.807, 2.05) is 30.3 Å². The largest absolute Gasteiger partial charge is 0.480 e. The summed E-state index contributed by atoms with van der Waals surface area (Å²) in [4.78, 5) is 23.4. The molecule has 0 aliphatic carbocycles. The van der Waals surface area contributed by atoms with Crippen molar-refractivity contribution in [3.63, 3.8) is 0 Å². The van der Waals surface area contributed by atoms with Gasteiger partial charge in [0.2, 0.25) is 5.91 Å². The van der Waals surface area contributed by atoms with Crippen molar-refractivity contribution in [2.24, 2.45) is 0 Å². The van der Waals surface area contributed by atoms with Crippen LogP contribution in [0.2, 0.25) is 0 Å². The van der Waals surface area contributed by atoms with Crippen LogP contribution in [0, 0.1) is 13.8 Å². The van der Waals surface area contributed by atoms with Crippen molar-refractivity contribution in [2.45, 2.75) is 32.7 Å². The van der Waals surface area contributed by atoms with Gasteiger partial charge in [-0.2, -0.15) is 0 Å². The van der Waals surface area contributed by atoms with Crippen LogP contribution in [0.1, 0.15) is 22.6 Å². The van der Waals surface area contributed by atoms with Crippen LogP contribution >= 0.6 is 0 Å². The molecule has 0 spiro atoms. The summed E-state index contributed by atoms with van der Waals surface area (Å²) in [5, 5.41) is 15.6. The van der Waals surface area contributed by atoms with E-state index in [0.29, 0.717) is 17.0 Å². The molecule has 0 saturated carbocycles. The molecule has 6 heteroatoms. The first kappa shape index (κ1) is 15.8. The molecule has 116 valence electrons. The highest BCUT2D eigenvalue weighted by molar-refractivity contribution is 5.85. The highest BCUT2D eigenvalue weighted by Crippen LogP contribution is 2.13. The molecule has 2 aromatic rings. The normalized spacial score (nSPS) is 11.9. The zero-order chi connectivity index (χ0) is 16.1. The summed E-state index contributed by atoms with van der Waals surface area (Å²) in [6.07, 6.45) is 0.295. The molecule has 1 aromatic heterocycles. The van der Waals surface area contributed by atoms with Crippen LogP contribution in [0.25, 0.3) is 0 Å². The molecule has 0 aliphatic heterocycles. The van der Waals surface area contributed by atoms with Crippen molar-refractivity contribution in [3.8, 4) is 0 Å². The first-order valence-electron chi connectivity index (χ1n) is 6.95. The molecule has 0 bridgehead atoms. The summed E-state index contributed by atoms with van der Waals surface area (Å²) >= 11 is 0. The maximum atomic E-state index is 12.1. The molecule has 2 rings (SSSR count). The van der Waals surface area contributed by atoms with Crippen LogP contribution < -0.4 is 5.32 Å². The monoisotopic (exact) mass is 302 g/mol. The Labute approximate surface area is 128 Å². The van der Waals surface area contributed by atoms with E-state index in [9.17, 15) is 14.7 Å². The van der Waals surface area contributed by atoms with E-state index in [1.54, 1.807) is 13.8 Å². The molecule has 1 atom stereocenters. The average Bonchev–Trinajstić information content (AvgIpc) is 2.79. The molecular weight excluding hydrogens is 284 g/mol. The summed E-state index contributed by atoms with van der Waals surface area (Å²) in [5.74, 6) is -0.851. The van der Waals surface area contributed by atoms with Crippen LogP contribution in [0.5, 0.6) is 0 Å². The van der Waals surface area contributed by atoms with Crippen molar-refractivity contribution in [2.75, 3.05) is 0 Å². The number of carboxylic acid groups (broad SMARTS) is 1. The Morgan fingerprint density at radius 2 is 1.95 bits per heavy atom. The van der Waals surface area contributed by atoms with Gasteiger partial charge in [0.25, 0.3) is 0 Å². The Balaban J connectivity index is 2.02. The number of aryl methyl sites for hydroxylation is 2. The molecule has 6 nitrogen and oxygen atoms in total. The second-order valence-corrected chi connectivity index (χ2v) is 5.13. The highest BCUT2D eigenvalue weighted by Gasteiger charge is 2.22. The van der Waals surface area contributed by atoms with E-state index in [2.05, 4.69) is 10.5 Å². The van der Waals surface area contributed by atoms with Gasteiger partial charge < -0.3 is 14.9 Å². The average molecular weight is 302 g/mol. The quantitative estimate of drug-likeness (QED) is 0.846. The molecule has 0 fully saturated rings. The zero-order valence-electron chi connectivity index (χ0n) is 12.5. The first-order chi connectivity index (χ1) is 10.5. The third-order valence-corrected chi connectivity index (χ3v) is 3.43. The lowest BCUT2D eigenvalue weighted by Gasteiger charge is -2.14. The smallest absolute Gasteiger partial charge is 0.326 e. The lowest BCUT2D eigenvalue weighted by atomic mass is 10.1. The van der Waals surface area contributed by atoms with Crippen LogP contribution in [-0.4, -0.2) is 28.2 Å². The van der Waals surface area contributed by atoms with Gasteiger partial charge in [0.15, 0.2) is 0 Å². The number of nitrogens with one attached hydrogen (secondary N) is 1. The summed E-state index contributed by atoms with van der Waals surface area (Å²) in [6.45, 7) is 3.47. The van der Waals surface area contributed by atoms with Gasteiger partial charge in [-0.1, -0.05) is 35.5 Å². The van der Waals surface area contributed by atoms with E-state index in [0.717, 1.165) is 5.56 Å². The van der Waals surface area contributed by atoms with Crippen LogP contribution in [-0.2, 0) is 22.4 Å². The second kappa shape index (κ2) is 6.89. The number of hydrogen-bond acceptors (Lipinski definition) is 4. The number of benzene rings is 1. The lowest BCUT2D eigenvalue weighted by Crippen LogP contribution is -2.43. The highest BCUT2D eigenvalue weighted by atomic mass is 16.5. The molecule has 0 aliphatic rings. The summed E-state index contributed by atoms with van der Waals surface area (Å²) in [5.41, 5.74) is 2.19. The summed E-state index contributed by atoms with van der Waals surface area (Å²) in [7, 11) is 0. The van der Waals surface area contributed by atoms with Gasteiger partial charge in [-0.05, 0) is 19.4 Å². The number of carbonyl (C=O) groups excluding carboxylic acids is 1. The fraction of sp³-hybridized carbons (Fsp3) is 0.312. The Morgan fingerprint density at radius 1 is 1.27 bits per heavy atom. The molecule has 0 saturated heterocycles. The molecule has 1 heterocycles. The first-order valence-corrected chi connectivity index (χ1v) is 6.95. The maximum absolute atomic E-state index is 12.1. The van der Waals surface area contributed by atoms with E-state index in [-0.39, 0.29) is 18.7 Å². The molecule has 0 radical (unpaired) electrons. The third kappa shape index (κ3) is 3.94. The fourth-order valence-electron chi connectivity index (χ4n) is 2.21. The zero-order valence-corrected chi connectivity index (χ0v) is 12.5. The predicted octanol–water partition coefficient (Wildman–Crippen LogP) is 1.65. The van der Waals surface area contributed by atoms with Crippen LogP contribution in [0.3, 0.4) is 0 Å². The van der Waals surface area contributed by atoms with Crippen molar-refractivity contribution in [1.82, 2.24) is 10.5 Å². The molecule has 1 aromatic carbocycles. The Kier molecular flexibility index (Phi) is 4.93. The molecule has 2 N–H and O–H groups in total. The van der Waals surface area contributed by atoms with Gasteiger partial charge in [-0.3, -0.25) is 4.79 Å². The Bertz CT molecular complexity index is 645. The van der Waals surface area contributed by atoms with Gasteiger partial charge in [0, 0.05) is 12.0 Å². The lowest BCUT2D eigenvalue weighted by molar-refractivity contribution is -0.141. The Hall–Kier alpha value is -2.63. The minimum atomic E-state index is -1.06. The molecular formula is C16H18N2O4. The maximum Gasteiger partial charge on any atom is 0.326 e. The van der Waals surface area contributed by atoms with Gasteiger partial charge in [0.05, 0.1) is 12.1 Å². The number of hydrogen-bond donors (Lipinski definition) is 2. The minimum Gasteiger partial charge on any atom is -0.480 e. The number of amides is 1. The second-order valence-electron chi connectivity index (χ2n) is 5.13. The van der Waals surface area contributed by atoms with E-state index < -0.39 is 12.0 Å². The van der Waals surface area contributed by atoms with Crippen molar-refractivity contribution in [3.05, 3.63) is 52.9 Å². The molecule has 1 unspecified atom stereocenters. The topological polar surface area (TPSA) is 92.4 Å². The van der Waals surface area contributed by atoms with E-state index >= 15 is 0 Å². The summed E-state index contributed by atoms with van der Waals surface area (Å²) < 4.78 is 5.00. The van der Waals surface area contributed by atoms with Crippen LogP contribution in [0.15, 0.2) is 34.9 Å². The van der Waals surface area contributed by atoms with Crippen LogP contribution in [0.4, 0.5) is 0 Å². The number of aromatic nitrogens is 1. The van der Waals surface area contributed by atoms with Crippen molar-refractivity contribution in [1.29, 1.82) is 0 Å². The van der Waals surface area contributed by atoms with E-state index in [4.69, 9.17) is 4.52 Å². The van der Waals surface area contributed by atoms with Crippen molar-refractivity contribution >= 4 is 11.9 Å². The number of carboxylic acids is 1. The molecule has 1 amide bonds. The SMILES string of the molecule is Cc1noc(C)c1CC(=O)NC(Cc1ccccc1)C(=O)O. The summed E-state index contributed by atoms with van der Waals surface area (Å²) in [6, 6.07) is 8.22. The predicted molar refractivity (Wildman–Crippen MR) is 79.4 cm³/mol. The van der Waals surface area contributed by atoms with Gasteiger partial charge in [-0.15, -0.1) is 0 Å². The minimum absolute atomic E-state index is 0.0553. The third-order valence-electron chi connectivity index (χ3n) is 3.43. The number of nitrogens with zero attached hydrogens (tertiary/aromatic N) is 1. The number of aliphatic carboxylic acids is 1. The standard InChI is InChI=1S/C16H18N2O4/c1-10-13(11(2)22-18-10)9-15(19)17-14(16(20)21)8-12-6-4-3-5-7-12/h3-7,14H,8-9H2,1-2H3,(H,17,19)(H,20,21). The van der Waals surface area contributed by atoms with E-state index in [1.165, 1.54) is 0 Å². The fourth-order valence-corrected chi connectivity index (χ4v) is 2.21.